The number of rotatable bonds is 4. The zero-order chi connectivity index (χ0) is 9.68. The van der Waals surface area contributed by atoms with Crippen molar-refractivity contribution in [2.75, 3.05) is 7.05 Å². The predicted octanol–water partition coefficient (Wildman–Crippen LogP) is 1.71. The first-order valence-corrected chi connectivity index (χ1v) is 4.70. The van der Waals surface area contributed by atoms with Crippen molar-refractivity contribution in [1.82, 2.24) is 5.32 Å². The van der Waals surface area contributed by atoms with Gasteiger partial charge in [-0.1, -0.05) is 30.4 Å². The van der Waals surface area contributed by atoms with Gasteiger partial charge in [0.2, 0.25) is 0 Å². The lowest BCUT2D eigenvalue weighted by Gasteiger charge is -2.17. The number of allylic oxidation sites excluding steroid dienone is 3. The number of hydrogen-bond donors (Lipinski definition) is 2. The minimum atomic E-state index is 0.0442. The molecule has 0 aromatic carbocycles. The maximum absolute atomic E-state index is 5.93. The highest BCUT2D eigenvalue weighted by atomic mass is 14.9. The van der Waals surface area contributed by atoms with E-state index in [0.29, 0.717) is 0 Å². The fourth-order valence-corrected chi connectivity index (χ4v) is 1.41. The summed E-state index contributed by atoms with van der Waals surface area (Å²) in [6, 6.07) is 0.0442. The average Bonchev–Trinajstić information content (AvgIpc) is 2.18. The van der Waals surface area contributed by atoms with Gasteiger partial charge in [0.15, 0.2) is 0 Å². The average molecular weight is 178 g/mol. The van der Waals surface area contributed by atoms with Gasteiger partial charge in [-0.3, -0.25) is 0 Å². The molecule has 0 bridgehead atoms. The van der Waals surface area contributed by atoms with Crippen molar-refractivity contribution in [3.8, 4) is 0 Å². The quantitative estimate of drug-likeness (QED) is 0.688. The van der Waals surface area contributed by atoms with Crippen LogP contribution in [0.4, 0.5) is 0 Å². The van der Waals surface area contributed by atoms with Crippen molar-refractivity contribution in [3.05, 3.63) is 36.1 Å². The standard InChI is InChI=1S/C11H18N2/c1-9(13-2)11(12)8-10-6-4-3-5-7-10/h3-4,6,11,13H,1,5,7-8,12H2,2H3. The molecular formula is C11H18N2. The highest BCUT2D eigenvalue weighted by Gasteiger charge is 2.08. The van der Waals surface area contributed by atoms with Crippen LogP contribution < -0.4 is 11.1 Å². The molecule has 0 aromatic rings. The topological polar surface area (TPSA) is 38.0 Å². The zero-order valence-corrected chi connectivity index (χ0v) is 8.22. The summed E-state index contributed by atoms with van der Waals surface area (Å²) < 4.78 is 0. The van der Waals surface area contributed by atoms with Crippen molar-refractivity contribution < 1.29 is 0 Å². The molecule has 0 aromatic heterocycles. The molecule has 0 amide bonds. The van der Waals surface area contributed by atoms with Crippen LogP contribution in [0.3, 0.4) is 0 Å². The van der Waals surface area contributed by atoms with Gasteiger partial charge in [-0.15, -0.1) is 0 Å². The molecule has 2 heteroatoms. The second kappa shape index (κ2) is 4.87. The molecule has 1 aliphatic carbocycles. The summed E-state index contributed by atoms with van der Waals surface area (Å²) in [4.78, 5) is 0. The Morgan fingerprint density at radius 2 is 2.54 bits per heavy atom. The molecule has 1 atom stereocenters. The molecule has 1 aliphatic rings. The maximum atomic E-state index is 5.93. The summed E-state index contributed by atoms with van der Waals surface area (Å²) in [5.74, 6) is 0. The van der Waals surface area contributed by atoms with E-state index >= 15 is 0 Å². The van der Waals surface area contributed by atoms with Gasteiger partial charge >= 0.3 is 0 Å². The van der Waals surface area contributed by atoms with E-state index in [9.17, 15) is 0 Å². The van der Waals surface area contributed by atoms with E-state index in [4.69, 9.17) is 5.73 Å². The Morgan fingerprint density at radius 3 is 3.08 bits per heavy atom. The Hall–Kier alpha value is -1.02. The Kier molecular flexibility index (Phi) is 3.77. The second-order valence-electron chi connectivity index (χ2n) is 3.38. The molecule has 2 nitrogen and oxygen atoms in total. The van der Waals surface area contributed by atoms with Gasteiger partial charge in [-0.25, -0.2) is 0 Å². The van der Waals surface area contributed by atoms with Gasteiger partial charge in [0.05, 0.1) is 0 Å². The van der Waals surface area contributed by atoms with E-state index in [1.807, 2.05) is 7.05 Å². The van der Waals surface area contributed by atoms with E-state index in [0.717, 1.165) is 25.0 Å². The van der Waals surface area contributed by atoms with Gasteiger partial charge < -0.3 is 11.1 Å². The summed E-state index contributed by atoms with van der Waals surface area (Å²) >= 11 is 0. The molecule has 0 heterocycles. The van der Waals surface area contributed by atoms with Crippen LogP contribution >= 0.6 is 0 Å². The molecule has 0 saturated heterocycles. The molecule has 72 valence electrons. The SMILES string of the molecule is C=C(NC)C(N)CC1=CC=CCC1. The summed E-state index contributed by atoms with van der Waals surface area (Å²) in [5.41, 5.74) is 8.27. The monoisotopic (exact) mass is 178 g/mol. The highest BCUT2D eigenvalue weighted by molar-refractivity contribution is 5.20. The molecule has 3 N–H and O–H groups in total. The first-order chi connectivity index (χ1) is 6.24. The summed E-state index contributed by atoms with van der Waals surface area (Å²) in [6.45, 7) is 3.86. The lowest BCUT2D eigenvalue weighted by Crippen LogP contribution is -2.29. The van der Waals surface area contributed by atoms with Crippen molar-refractivity contribution in [3.63, 3.8) is 0 Å². The van der Waals surface area contributed by atoms with Crippen LogP contribution in [0, 0.1) is 0 Å². The van der Waals surface area contributed by atoms with Gasteiger partial charge in [-0.05, 0) is 19.3 Å². The fourth-order valence-electron chi connectivity index (χ4n) is 1.41. The third-order valence-corrected chi connectivity index (χ3v) is 2.35. The van der Waals surface area contributed by atoms with E-state index in [1.54, 1.807) is 0 Å². The number of nitrogens with two attached hydrogens (primary N) is 1. The van der Waals surface area contributed by atoms with Crippen molar-refractivity contribution in [1.29, 1.82) is 0 Å². The highest BCUT2D eigenvalue weighted by Crippen LogP contribution is 2.17. The minimum absolute atomic E-state index is 0.0442. The molecule has 1 unspecified atom stereocenters. The third kappa shape index (κ3) is 3.07. The summed E-state index contributed by atoms with van der Waals surface area (Å²) in [6.07, 6.45) is 9.65. The molecule has 13 heavy (non-hydrogen) atoms. The fraction of sp³-hybridized carbons (Fsp3) is 0.455. The van der Waals surface area contributed by atoms with Crippen molar-refractivity contribution in [2.45, 2.75) is 25.3 Å². The van der Waals surface area contributed by atoms with Crippen LogP contribution in [0.15, 0.2) is 36.1 Å². The van der Waals surface area contributed by atoms with Crippen LogP contribution in [0.2, 0.25) is 0 Å². The molecule has 0 spiro atoms. The normalized spacial score (nSPS) is 17.8. The second-order valence-corrected chi connectivity index (χ2v) is 3.38. The first kappa shape index (κ1) is 10.1. The summed E-state index contributed by atoms with van der Waals surface area (Å²) in [7, 11) is 1.86. The number of nitrogens with one attached hydrogen (secondary N) is 1. The third-order valence-electron chi connectivity index (χ3n) is 2.35. The van der Waals surface area contributed by atoms with Crippen molar-refractivity contribution >= 4 is 0 Å². The lowest BCUT2D eigenvalue weighted by molar-refractivity contribution is 0.684. The largest absolute Gasteiger partial charge is 0.391 e. The molecule has 0 aliphatic heterocycles. The Labute approximate surface area is 80.2 Å². The van der Waals surface area contributed by atoms with Gasteiger partial charge in [0.1, 0.15) is 0 Å². The Bertz CT molecular complexity index is 238. The zero-order valence-electron chi connectivity index (χ0n) is 8.22. The lowest BCUT2D eigenvalue weighted by atomic mass is 9.97. The van der Waals surface area contributed by atoms with Crippen LogP contribution in [0.5, 0.6) is 0 Å². The van der Waals surface area contributed by atoms with Gasteiger partial charge in [0.25, 0.3) is 0 Å². The molecule has 0 radical (unpaired) electrons. The molecule has 0 saturated carbocycles. The van der Waals surface area contributed by atoms with E-state index in [1.165, 1.54) is 5.57 Å². The van der Waals surface area contributed by atoms with Crippen LogP contribution in [-0.4, -0.2) is 13.1 Å². The first-order valence-electron chi connectivity index (χ1n) is 4.70. The van der Waals surface area contributed by atoms with Gasteiger partial charge in [0, 0.05) is 18.8 Å². The van der Waals surface area contributed by atoms with E-state index in [2.05, 4.69) is 30.1 Å². The van der Waals surface area contributed by atoms with Crippen LogP contribution in [0.1, 0.15) is 19.3 Å². The Morgan fingerprint density at radius 1 is 1.77 bits per heavy atom. The Balaban J connectivity index is 2.43. The predicted molar refractivity (Wildman–Crippen MR) is 57.2 cm³/mol. The molecule has 1 rings (SSSR count). The van der Waals surface area contributed by atoms with Crippen LogP contribution in [-0.2, 0) is 0 Å². The number of likely N-dealkylation sites (N-methyl/N-ethyl adjacent to an activating group) is 1. The molecule has 0 fully saturated rings. The smallest absolute Gasteiger partial charge is 0.0476 e. The summed E-state index contributed by atoms with van der Waals surface area (Å²) in [5, 5.41) is 2.99. The maximum Gasteiger partial charge on any atom is 0.0476 e. The minimum Gasteiger partial charge on any atom is -0.391 e. The van der Waals surface area contributed by atoms with Crippen molar-refractivity contribution in [2.24, 2.45) is 5.73 Å². The van der Waals surface area contributed by atoms with Gasteiger partial charge in [-0.2, -0.15) is 0 Å². The number of hydrogen-bond acceptors (Lipinski definition) is 2. The molecular weight excluding hydrogens is 160 g/mol. The van der Waals surface area contributed by atoms with E-state index < -0.39 is 0 Å². The van der Waals surface area contributed by atoms with E-state index in [-0.39, 0.29) is 6.04 Å². The van der Waals surface area contributed by atoms with Crippen LogP contribution in [0.25, 0.3) is 0 Å².